The summed E-state index contributed by atoms with van der Waals surface area (Å²) in [4.78, 5) is 12.8. The third-order valence-corrected chi connectivity index (χ3v) is 4.99. The zero-order chi connectivity index (χ0) is 16.1. The van der Waals surface area contributed by atoms with Crippen LogP contribution in [0, 0.1) is 5.92 Å². The van der Waals surface area contributed by atoms with Crippen molar-refractivity contribution in [2.24, 2.45) is 5.92 Å². The first-order valence-corrected chi connectivity index (χ1v) is 8.56. The fourth-order valence-electron chi connectivity index (χ4n) is 3.62. The lowest BCUT2D eigenvalue weighted by molar-refractivity contribution is -0.127. The lowest BCUT2D eigenvalue weighted by atomic mass is 9.77. The molecule has 0 amide bonds. The monoisotopic (exact) mass is 308 g/mol. The number of carbonyl (C=O) groups is 1. The minimum absolute atomic E-state index is 0.114. The number of rotatable bonds is 5. The molecule has 2 aromatic rings. The molecule has 0 unspecified atom stereocenters. The molecule has 1 saturated carbocycles. The number of hydrogen-bond donors (Lipinski definition) is 1. The summed E-state index contributed by atoms with van der Waals surface area (Å²) < 4.78 is 0. The van der Waals surface area contributed by atoms with Gasteiger partial charge in [-0.15, -0.1) is 0 Å². The van der Waals surface area contributed by atoms with Gasteiger partial charge in [0, 0.05) is 12.3 Å². The van der Waals surface area contributed by atoms with Crippen molar-refractivity contribution in [2.75, 3.05) is 0 Å². The maximum Gasteiger partial charge on any atom is 0.139 e. The summed E-state index contributed by atoms with van der Waals surface area (Å²) in [5.41, 5.74) is 0.336. The zero-order valence-electron chi connectivity index (χ0n) is 13.4. The summed E-state index contributed by atoms with van der Waals surface area (Å²) >= 11 is 0. The summed E-state index contributed by atoms with van der Waals surface area (Å²) in [6.45, 7) is 0. The van der Waals surface area contributed by atoms with E-state index >= 15 is 0 Å². The Morgan fingerprint density at radius 3 is 1.83 bits per heavy atom. The summed E-state index contributed by atoms with van der Waals surface area (Å²) in [6.07, 6.45) is 5.59. The van der Waals surface area contributed by atoms with Crippen LogP contribution in [0.15, 0.2) is 60.7 Å². The van der Waals surface area contributed by atoms with Crippen LogP contribution in [0.2, 0.25) is 0 Å². The molecule has 0 radical (unpaired) electrons. The van der Waals surface area contributed by atoms with E-state index in [9.17, 15) is 9.90 Å². The first-order chi connectivity index (χ1) is 11.2. The van der Waals surface area contributed by atoms with Crippen molar-refractivity contribution < 1.29 is 9.90 Å². The van der Waals surface area contributed by atoms with Gasteiger partial charge in [0.05, 0.1) is 0 Å². The van der Waals surface area contributed by atoms with Crippen molar-refractivity contribution in [3.63, 3.8) is 0 Å². The van der Waals surface area contributed by atoms with E-state index in [2.05, 4.69) is 0 Å². The van der Waals surface area contributed by atoms with Crippen LogP contribution < -0.4 is 0 Å². The average Bonchev–Trinajstić information content (AvgIpc) is 2.64. The molecule has 3 rings (SSSR count). The maximum atomic E-state index is 12.8. The molecule has 0 bridgehead atoms. The number of ketones is 1. The standard InChI is InChI=1S/C21H24O2/c22-20(17-10-4-1-5-11-17)16-21(23,18-12-6-2-7-13-18)19-14-8-3-9-15-19/h2-3,6-9,12-15,17,23H,1,4-5,10-11,16H2. The van der Waals surface area contributed by atoms with Gasteiger partial charge in [-0.3, -0.25) is 4.79 Å². The van der Waals surface area contributed by atoms with Gasteiger partial charge in [0.15, 0.2) is 0 Å². The fourth-order valence-corrected chi connectivity index (χ4v) is 3.62. The molecule has 0 aromatic heterocycles. The third-order valence-electron chi connectivity index (χ3n) is 4.99. The maximum absolute atomic E-state index is 12.8. The predicted octanol–water partition coefficient (Wildman–Crippen LogP) is 4.46. The first-order valence-electron chi connectivity index (χ1n) is 8.56. The van der Waals surface area contributed by atoms with Crippen molar-refractivity contribution in [3.8, 4) is 0 Å². The van der Waals surface area contributed by atoms with Crippen LogP contribution in [0.25, 0.3) is 0 Å². The molecular formula is C21H24O2. The van der Waals surface area contributed by atoms with Crippen molar-refractivity contribution in [3.05, 3.63) is 71.8 Å². The summed E-state index contributed by atoms with van der Waals surface area (Å²) in [5, 5.41) is 11.4. The number of Topliss-reactive ketones (excluding diaryl/α,β-unsaturated/α-hetero) is 1. The highest BCUT2D eigenvalue weighted by Gasteiger charge is 2.36. The molecule has 1 aliphatic rings. The summed E-state index contributed by atoms with van der Waals surface area (Å²) in [6, 6.07) is 19.1. The molecule has 1 N–H and O–H groups in total. The van der Waals surface area contributed by atoms with E-state index in [-0.39, 0.29) is 18.1 Å². The Bertz CT molecular complexity index is 588. The second-order valence-corrected chi connectivity index (χ2v) is 6.57. The van der Waals surface area contributed by atoms with Crippen LogP contribution in [0.4, 0.5) is 0 Å². The summed E-state index contributed by atoms with van der Waals surface area (Å²) in [7, 11) is 0. The van der Waals surface area contributed by atoms with Crippen molar-refractivity contribution in [1.82, 2.24) is 0 Å². The first kappa shape index (κ1) is 15.9. The Labute approximate surface area is 138 Å². The van der Waals surface area contributed by atoms with Gasteiger partial charge in [-0.05, 0) is 24.0 Å². The Morgan fingerprint density at radius 2 is 1.35 bits per heavy atom. The highest BCUT2D eigenvalue weighted by molar-refractivity contribution is 5.83. The average molecular weight is 308 g/mol. The van der Waals surface area contributed by atoms with Gasteiger partial charge >= 0.3 is 0 Å². The topological polar surface area (TPSA) is 37.3 Å². The predicted molar refractivity (Wildman–Crippen MR) is 92.1 cm³/mol. The van der Waals surface area contributed by atoms with Gasteiger partial charge in [0.2, 0.25) is 0 Å². The Kier molecular flexibility index (Phi) is 4.92. The molecule has 23 heavy (non-hydrogen) atoms. The molecule has 2 heteroatoms. The molecular weight excluding hydrogens is 284 g/mol. The summed E-state index contributed by atoms with van der Waals surface area (Å²) in [5.74, 6) is 0.308. The minimum Gasteiger partial charge on any atom is -0.380 e. The quantitative estimate of drug-likeness (QED) is 0.885. The molecule has 0 spiro atoms. The molecule has 2 nitrogen and oxygen atoms in total. The molecule has 1 aliphatic carbocycles. The zero-order valence-corrected chi connectivity index (χ0v) is 13.4. The van der Waals surface area contributed by atoms with E-state index in [0.29, 0.717) is 0 Å². The number of benzene rings is 2. The van der Waals surface area contributed by atoms with Gasteiger partial charge in [0.25, 0.3) is 0 Å². The van der Waals surface area contributed by atoms with Crippen LogP contribution in [-0.4, -0.2) is 10.9 Å². The van der Waals surface area contributed by atoms with Crippen LogP contribution >= 0.6 is 0 Å². The SMILES string of the molecule is O=C(CC(O)(c1ccccc1)c1ccccc1)C1CCCCC1. The van der Waals surface area contributed by atoms with Gasteiger partial charge < -0.3 is 5.11 Å². The van der Waals surface area contributed by atoms with Gasteiger partial charge in [-0.2, -0.15) is 0 Å². The molecule has 2 aromatic carbocycles. The van der Waals surface area contributed by atoms with E-state index < -0.39 is 5.60 Å². The lowest BCUT2D eigenvalue weighted by Gasteiger charge is -2.31. The third kappa shape index (κ3) is 3.53. The molecule has 0 atom stereocenters. The second kappa shape index (κ2) is 7.10. The van der Waals surface area contributed by atoms with Crippen molar-refractivity contribution >= 4 is 5.78 Å². The molecule has 0 saturated heterocycles. The minimum atomic E-state index is -1.24. The van der Waals surface area contributed by atoms with Crippen LogP contribution in [0.3, 0.4) is 0 Å². The van der Waals surface area contributed by atoms with E-state index in [4.69, 9.17) is 0 Å². The van der Waals surface area contributed by atoms with Crippen molar-refractivity contribution in [1.29, 1.82) is 0 Å². The number of hydrogen-bond acceptors (Lipinski definition) is 2. The number of carbonyl (C=O) groups excluding carboxylic acids is 1. The van der Waals surface area contributed by atoms with Gasteiger partial charge in [0.1, 0.15) is 11.4 Å². The highest BCUT2D eigenvalue weighted by Crippen LogP contribution is 2.36. The molecule has 120 valence electrons. The lowest BCUT2D eigenvalue weighted by Crippen LogP contribution is -2.33. The fraction of sp³-hybridized carbons (Fsp3) is 0.381. The van der Waals surface area contributed by atoms with Gasteiger partial charge in [-0.1, -0.05) is 79.9 Å². The van der Waals surface area contributed by atoms with Crippen LogP contribution in [0.1, 0.15) is 49.7 Å². The van der Waals surface area contributed by atoms with E-state index in [0.717, 1.165) is 36.8 Å². The van der Waals surface area contributed by atoms with Gasteiger partial charge in [-0.25, -0.2) is 0 Å². The Morgan fingerprint density at radius 1 is 0.870 bits per heavy atom. The Balaban J connectivity index is 1.91. The van der Waals surface area contributed by atoms with E-state index in [1.165, 1.54) is 6.42 Å². The van der Waals surface area contributed by atoms with Crippen LogP contribution in [-0.2, 0) is 10.4 Å². The van der Waals surface area contributed by atoms with Crippen LogP contribution in [0.5, 0.6) is 0 Å². The molecule has 1 fully saturated rings. The van der Waals surface area contributed by atoms with Crippen molar-refractivity contribution in [2.45, 2.75) is 44.1 Å². The smallest absolute Gasteiger partial charge is 0.139 e. The number of aliphatic hydroxyl groups is 1. The molecule has 0 heterocycles. The highest BCUT2D eigenvalue weighted by atomic mass is 16.3. The second-order valence-electron chi connectivity index (χ2n) is 6.57. The molecule has 0 aliphatic heterocycles. The van der Waals surface area contributed by atoms with E-state index in [1.807, 2.05) is 60.7 Å². The largest absolute Gasteiger partial charge is 0.380 e. The van der Waals surface area contributed by atoms with E-state index in [1.54, 1.807) is 0 Å². The normalized spacial score (nSPS) is 16.2. The Hall–Kier alpha value is -1.93.